The number of methoxy groups -OCH3 is 2. The molecule has 1 unspecified atom stereocenters. The lowest BCUT2D eigenvalue weighted by atomic mass is 9.94. The van der Waals surface area contributed by atoms with Gasteiger partial charge in [0.2, 0.25) is 0 Å². The predicted octanol–water partition coefficient (Wildman–Crippen LogP) is 2.13. The number of carbonyl (C=O) groups excluding carboxylic acids is 2. The molecule has 0 amide bonds. The fraction of sp³-hybridized carbons (Fsp3) is 0.786. The van der Waals surface area contributed by atoms with E-state index in [1.54, 1.807) is 6.92 Å². The average molecular weight is 269 g/mol. The van der Waals surface area contributed by atoms with Crippen LogP contribution in [0.1, 0.15) is 45.4 Å². The van der Waals surface area contributed by atoms with Gasteiger partial charge >= 0.3 is 11.9 Å². The molecular formula is C14H23NO4. The third kappa shape index (κ3) is 5.01. The second-order valence-corrected chi connectivity index (χ2v) is 4.92. The first kappa shape index (κ1) is 15.7. The lowest BCUT2D eigenvalue weighted by Gasteiger charge is -2.20. The Morgan fingerprint density at radius 2 is 1.79 bits per heavy atom. The minimum atomic E-state index is -0.626. The molecule has 1 aliphatic rings. The van der Waals surface area contributed by atoms with E-state index in [9.17, 15) is 9.59 Å². The number of aliphatic imine (C=N–C) groups is 1. The maximum atomic E-state index is 11.7. The van der Waals surface area contributed by atoms with Crippen LogP contribution in [0.5, 0.6) is 0 Å². The quantitative estimate of drug-likeness (QED) is 0.566. The van der Waals surface area contributed by atoms with Crippen LogP contribution in [0.4, 0.5) is 0 Å². The molecule has 5 heteroatoms. The summed E-state index contributed by atoms with van der Waals surface area (Å²) < 4.78 is 9.35. The summed E-state index contributed by atoms with van der Waals surface area (Å²) in [5.74, 6) is -1.48. The summed E-state index contributed by atoms with van der Waals surface area (Å²) in [5.41, 5.74) is 0.671. The van der Waals surface area contributed by atoms with E-state index >= 15 is 0 Å². The molecule has 0 radical (unpaired) electrons. The van der Waals surface area contributed by atoms with Gasteiger partial charge in [0.1, 0.15) is 5.92 Å². The molecule has 0 heterocycles. The summed E-state index contributed by atoms with van der Waals surface area (Å²) in [6.07, 6.45) is 5.73. The Labute approximate surface area is 114 Å². The molecular weight excluding hydrogens is 246 g/mol. The van der Waals surface area contributed by atoms with Crippen molar-refractivity contribution in [3.63, 3.8) is 0 Å². The minimum Gasteiger partial charge on any atom is -0.469 e. The molecule has 1 rings (SSSR count). The topological polar surface area (TPSA) is 65.0 Å². The molecule has 0 aliphatic heterocycles. The predicted molar refractivity (Wildman–Crippen MR) is 72.1 cm³/mol. The molecule has 0 aromatic carbocycles. The fourth-order valence-corrected chi connectivity index (χ4v) is 2.38. The van der Waals surface area contributed by atoms with Crippen molar-refractivity contribution in [2.24, 2.45) is 10.9 Å². The van der Waals surface area contributed by atoms with Crippen molar-refractivity contribution in [1.29, 1.82) is 0 Å². The van der Waals surface area contributed by atoms with Crippen molar-refractivity contribution in [1.82, 2.24) is 0 Å². The fourth-order valence-electron chi connectivity index (χ4n) is 2.38. The molecule has 1 fully saturated rings. The van der Waals surface area contributed by atoms with Crippen LogP contribution in [-0.2, 0) is 19.1 Å². The van der Waals surface area contributed by atoms with Crippen LogP contribution in [0.15, 0.2) is 4.99 Å². The van der Waals surface area contributed by atoms with E-state index in [1.807, 2.05) is 0 Å². The molecule has 0 N–H and O–H groups in total. The summed E-state index contributed by atoms with van der Waals surface area (Å²) in [6.45, 7) is 1.79. The first-order valence-electron chi connectivity index (χ1n) is 6.77. The highest BCUT2D eigenvalue weighted by atomic mass is 16.5. The standard InChI is InChI=1S/C14H23NO4/c1-10(15-11-7-5-4-6-8-11)12(14(17)19-3)9-13(16)18-2/h11-12H,4-9H2,1-3H3. The first-order valence-corrected chi connectivity index (χ1v) is 6.77. The molecule has 0 aromatic heterocycles. The highest BCUT2D eigenvalue weighted by Crippen LogP contribution is 2.22. The smallest absolute Gasteiger partial charge is 0.314 e. The maximum Gasteiger partial charge on any atom is 0.314 e. The van der Waals surface area contributed by atoms with Gasteiger partial charge in [-0.25, -0.2) is 0 Å². The van der Waals surface area contributed by atoms with Gasteiger partial charge in [-0.3, -0.25) is 14.6 Å². The summed E-state index contributed by atoms with van der Waals surface area (Å²) in [7, 11) is 2.63. The van der Waals surface area contributed by atoms with Crippen molar-refractivity contribution >= 4 is 17.7 Å². The van der Waals surface area contributed by atoms with Crippen molar-refractivity contribution in [3.05, 3.63) is 0 Å². The van der Waals surface area contributed by atoms with E-state index in [4.69, 9.17) is 4.74 Å². The van der Waals surface area contributed by atoms with E-state index in [0.29, 0.717) is 5.71 Å². The number of hydrogen-bond acceptors (Lipinski definition) is 5. The zero-order chi connectivity index (χ0) is 14.3. The van der Waals surface area contributed by atoms with Gasteiger partial charge in [0, 0.05) is 11.8 Å². The number of rotatable bonds is 5. The van der Waals surface area contributed by atoms with Crippen LogP contribution in [0.2, 0.25) is 0 Å². The first-order chi connectivity index (χ1) is 9.08. The Morgan fingerprint density at radius 1 is 1.16 bits per heavy atom. The zero-order valence-corrected chi connectivity index (χ0v) is 12.0. The Balaban J connectivity index is 2.74. The molecule has 0 spiro atoms. The molecule has 1 aliphatic carbocycles. The van der Waals surface area contributed by atoms with Gasteiger partial charge in [0.05, 0.1) is 20.6 Å². The average Bonchev–Trinajstić information content (AvgIpc) is 2.44. The summed E-state index contributed by atoms with van der Waals surface area (Å²) in [4.78, 5) is 27.7. The van der Waals surface area contributed by atoms with Gasteiger partial charge in [0.25, 0.3) is 0 Å². The van der Waals surface area contributed by atoms with E-state index in [0.717, 1.165) is 12.8 Å². The van der Waals surface area contributed by atoms with Crippen molar-refractivity contribution in [2.75, 3.05) is 14.2 Å². The van der Waals surface area contributed by atoms with E-state index in [2.05, 4.69) is 9.73 Å². The van der Waals surface area contributed by atoms with Crippen LogP contribution in [0, 0.1) is 5.92 Å². The molecule has 108 valence electrons. The van der Waals surface area contributed by atoms with Crippen molar-refractivity contribution < 1.29 is 19.1 Å². The summed E-state index contributed by atoms with van der Waals surface area (Å²) >= 11 is 0. The van der Waals surface area contributed by atoms with Gasteiger partial charge in [0.15, 0.2) is 0 Å². The Hall–Kier alpha value is -1.39. The lowest BCUT2D eigenvalue weighted by Crippen LogP contribution is -2.28. The Bertz CT molecular complexity index is 345. The van der Waals surface area contributed by atoms with Gasteiger partial charge in [-0.2, -0.15) is 0 Å². The van der Waals surface area contributed by atoms with Crippen LogP contribution in [0.25, 0.3) is 0 Å². The third-order valence-corrected chi connectivity index (χ3v) is 3.55. The van der Waals surface area contributed by atoms with Gasteiger partial charge in [-0.1, -0.05) is 19.3 Å². The van der Waals surface area contributed by atoms with Crippen LogP contribution in [-0.4, -0.2) is 37.9 Å². The van der Waals surface area contributed by atoms with E-state index in [-0.39, 0.29) is 12.5 Å². The minimum absolute atomic E-state index is 0.00870. The number of carbonyl (C=O) groups is 2. The molecule has 0 aromatic rings. The van der Waals surface area contributed by atoms with Crippen molar-refractivity contribution in [2.45, 2.75) is 51.5 Å². The SMILES string of the molecule is COC(=O)CC(C(=O)OC)C(C)=NC1CCCCC1. The van der Waals surface area contributed by atoms with Crippen LogP contribution < -0.4 is 0 Å². The molecule has 1 saturated carbocycles. The molecule has 0 bridgehead atoms. The number of esters is 2. The second-order valence-electron chi connectivity index (χ2n) is 4.92. The normalized spacial score (nSPS) is 18.8. The summed E-state index contributed by atoms with van der Waals surface area (Å²) in [5, 5.41) is 0. The van der Waals surface area contributed by atoms with Gasteiger partial charge in [-0.15, -0.1) is 0 Å². The van der Waals surface area contributed by atoms with Crippen LogP contribution in [0.3, 0.4) is 0 Å². The van der Waals surface area contributed by atoms with E-state index < -0.39 is 17.9 Å². The molecule has 0 saturated heterocycles. The van der Waals surface area contributed by atoms with Gasteiger partial charge < -0.3 is 9.47 Å². The number of nitrogens with zero attached hydrogens (tertiary/aromatic N) is 1. The maximum absolute atomic E-state index is 11.7. The molecule has 5 nitrogen and oxygen atoms in total. The zero-order valence-electron chi connectivity index (χ0n) is 12.0. The Morgan fingerprint density at radius 3 is 2.32 bits per heavy atom. The number of ether oxygens (including phenoxy) is 2. The second kappa shape index (κ2) is 7.92. The highest BCUT2D eigenvalue weighted by molar-refractivity contribution is 6.03. The molecule has 1 atom stereocenters. The third-order valence-electron chi connectivity index (χ3n) is 3.55. The van der Waals surface area contributed by atoms with E-state index in [1.165, 1.54) is 33.5 Å². The molecule has 19 heavy (non-hydrogen) atoms. The lowest BCUT2D eigenvalue weighted by molar-refractivity contribution is -0.149. The Kier molecular flexibility index (Phi) is 6.53. The highest BCUT2D eigenvalue weighted by Gasteiger charge is 2.27. The monoisotopic (exact) mass is 269 g/mol. The number of hydrogen-bond donors (Lipinski definition) is 0. The largest absolute Gasteiger partial charge is 0.469 e. The summed E-state index contributed by atoms with van der Waals surface area (Å²) in [6, 6.07) is 0.276. The van der Waals surface area contributed by atoms with Crippen molar-refractivity contribution in [3.8, 4) is 0 Å². The van der Waals surface area contributed by atoms with Crippen LogP contribution >= 0.6 is 0 Å². The van der Waals surface area contributed by atoms with Gasteiger partial charge in [-0.05, 0) is 19.8 Å².